The van der Waals surface area contributed by atoms with Crippen molar-refractivity contribution in [2.24, 2.45) is 0 Å². The van der Waals surface area contributed by atoms with Crippen LogP contribution in [0.4, 0.5) is 17.1 Å². The number of hydrogen-bond donors (Lipinski definition) is 0. The fraction of sp³-hybridized carbons (Fsp3) is 0.0196. The zero-order valence-electron chi connectivity index (χ0n) is 28.9. The van der Waals surface area contributed by atoms with E-state index in [4.69, 9.17) is 0 Å². The van der Waals surface area contributed by atoms with E-state index in [-0.39, 0.29) is 14.5 Å². The Labute approximate surface area is 314 Å². The molecule has 10 aromatic rings. The summed E-state index contributed by atoms with van der Waals surface area (Å²) < 4.78 is 2.97. The first-order chi connectivity index (χ1) is 26.3. The Hall–Kier alpha value is -6.18. The van der Waals surface area contributed by atoms with Gasteiger partial charge in [-0.25, -0.2) is 0 Å². The number of fused-ring (bicyclic) bond motifs is 10. The molecule has 0 fully saturated rings. The second kappa shape index (κ2) is 11.9. The van der Waals surface area contributed by atoms with Crippen molar-refractivity contribution >= 4 is 72.4 Å². The van der Waals surface area contributed by atoms with Gasteiger partial charge >= 0.3 is 268 Å². The summed E-state index contributed by atoms with van der Waals surface area (Å²) in [6.07, 6.45) is 0. The molecule has 0 saturated carbocycles. The van der Waals surface area contributed by atoms with Crippen LogP contribution in [-0.2, 0) is 5.41 Å². The van der Waals surface area contributed by atoms with Gasteiger partial charge in [0, 0.05) is 0 Å². The molecule has 0 spiro atoms. The molecule has 248 valence electrons. The van der Waals surface area contributed by atoms with E-state index in [0.717, 1.165) is 17.1 Å². The molecule has 1 aromatic heterocycles. The van der Waals surface area contributed by atoms with E-state index in [2.05, 4.69) is 205 Å². The minimum absolute atomic E-state index is 0.252. The third kappa shape index (κ3) is 4.50. The molecule has 0 N–H and O–H groups in total. The van der Waals surface area contributed by atoms with Crippen molar-refractivity contribution in [3.05, 3.63) is 222 Å². The fourth-order valence-electron chi connectivity index (χ4n) is 9.04. The summed E-state index contributed by atoms with van der Waals surface area (Å²) in [5, 5.41) is 8.06. The summed E-state index contributed by atoms with van der Waals surface area (Å²) in [6, 6.07) is 74.4. The third-order valence-electron chi connectivity index (χ3n) is 11.3. The first-order valence-corrected chi connectivity index (χ1v) is 20.0. The summed E-state index contributed by atoms with van der Waals surface area (Å²) in [6.45, 7) is 0. The Balaban J connectivity index is 1.19. The molecule has 11 rings (SSSR count). The molecule has 1 heterocycles. The van der Waals surface area contributed by atoms with E-state index in [1.54, 1.807) is 0 Å². The molecule has 0 unspecified atom stereocenters. The van der Waals surface area contributed by atoms with Crippen LogP contribution < -0.4 is 4.90 Å². The van der Waals surface area contributed by atoms with E-state index < -0.39 is 5.41 Å². The average Bonchev–Trinajstić information content (AvgIpc) is 3.76. The summed E-state index contributed by atoms with van der Waals surface area (Å²) in [4.78, 5) is 2.45. The number of nitrogens with zero attached hydrogens (tertiary/aromatic N) is 1. The maximum atomic E-state index is 2.47. The van der Waals surface area contributed by atoms with Gasteiger partial charge < -0.3 is 0 Å². The van der Waals surface area contributed by atoms with E-state index in [0.29, 0.717) is 0 Å². The molecule has 53 heavy (non-hydrogen) atoms. The van der Waals surface area contributed by atoms with E-state index in [1.807, 2.05) is 0 Å². The van der Waals surface area contributed by atoms with Gasteiger partial charge in [0.1, 0.15) is 0 Å². The quantitative estimate of drug-likeness (QED) is 0.126. The maximum absolute atomic E-state index is 2.47. The van der Waals surface area contributed by atoms with Crippen molar-refractivity contribution in [1.82, 2.24) is 0 Å². The minimum atomic E-state index is -0.468. The van der Waals surface area contributed by atoms with Gasteiger partial charge in [0.05, 0.1) is 0 Å². The number of hydrogen-bond acceptors (Lipinski definition) is 1. The van der Waals surface area contributed by atoms with Gasteiger partial charge in [0.2, 0.25) is 0 Å². The molecule has 0 atom stereocenters. The second-order valence-electron chi connectivity index (χ2n) is 14.0. The van der Waals surface area contributed by atoms with Gasteiger partial charge in [0.15, 0.2) is 0 Å². The zero-order chi connectivity index (χ0) is 34.9. The van der Waals surface area contributed by atoms with Gasteiger partial charge in [-0.3, -0.25) is 0 Å². The molecule has 0 aliphatic heterocycles. The van der Waals surface area contributed by atoms with Crippen LogP contribution in [0.25, 0.3) is 52.0 Å². The molecule has 0 saturated heterocycles. The molecular formula is C51H33NSe. The van der Waals surface area contributed by atoms with Crippen molar-refractivity contribution in [3.8, 4) is 11.1 Å². The van der Waals surface area contributed by atoms with Gasteiger partial charge in [0.25, 0.3) is 0 Å². The van der Waals surface area contributed by atoms with E-state index in [9.17, 15) is 0 Å². The Morgan fingerprint density at radius 2 is 0.962 bits per heavy atom. The normalized spacial score (nSPS) is 13.1. The molecule has 1 aliphatic carbocycles. The van der Waals surface area contributed by atoms with Crippen LogP contribution in [-0.4, -0.2) is 14.5 Å². The summed E-state index contributed by atoms with van der Waals surface area (Å²) in [5.41, 5.74) is 10.7. The van der Waals surface area contributed by atoms with Crippen molar-refractivity contribution in [1.29, 1.82) is 0 Å². The number of rotatable bonds is 5. The van der Waals surface area contributed by atoms with Gasteiger partial charge in [-0.1, -0.05) is 48.5 Å². The molecule has 0 radical (unpaired) electrons. The summed E-state index contributed by atoms with van der Waals surface area (Å²) in [5.74, 6) is 0. The Morgan fingerprint density at radius 3 is 1.75 bits per heavy atom. The number of anilines is 3. The first-order valence-electron chi connectivity index (χ1n) is 18.3. The zero-order valence-corrected chi connectivity index (χ0v) is 30.6. The van der Waals surface area contributed by atoms with Gasteiger partial charge in [-0.2, -0.15) is 0 Å². The first kappa shape index (κ1) is 30.4. The van der Waals surface area contributed by atoms with Crippen molar-refractivity contribution < 1.29 is 0 Å². The standard InChI is InChI=1S/C51H33NSe/c1-4-14-36(15-5-1)51(37-16-6-2-7-17-37)46-22-12-10-20-41(46)42-31-29-40(33-47(42)51)52(38-18-8-3-9-19-38)39-28-26-34-24-25-35-27-30-44-43-21-11-13-23-48(43)53-50(44)49(35)45(34)32-39/h1-33H. The van der Waals surface area contributed by atoms with Crippen LogP contribution in [0, 0.1) is 0 Å². The fourth-order valence-corrected chi connectivity index (χ4v) is 11.7. The third-order valence-corrected chi connectivity index (χ3v) is 13.8. The monoisotopic (exact) mass is 739 g/mol. The Morgan fingerprint density at radius 1 is 0.377 bits per heavy atom. The van der Waals surface area contributed by atoms with Crippen LogP contribution in [0.1, 0.15) is 22.3 Å². The average molecular weight is 739 g/mol. The SMILES string of the molecule is c1ccc(N(c2ccc3c(c2)C(c2ccccc2)(c2ccccc2)c2ccccc2-3)c2ccc3ccc4ccc5c6ccccc6[se]c5c4c3c2)cc1. The summed E-state index contributed by atoms with van der Waals surface area (Å²) >= 11 is 0.252. The van der Waals surface area contributed by atoms with Crippen LogP contribution in [0.3, 0.4) is 0 Å². The molecule has 1 nitrogen and oxygen atoms in total. The van der Waals surface area contributed by atoms with Crippen LogP contribution in [0.5, 0.6) is 0 Å². The molecule has 1 aliphatic rings. The second-order valence-corrected chi connectivity index (χ2v) is 16.2. The van der Waals surface area contributed by atoms with Crippen molar-refractivity contribution in [2.75, 3.05) is 4.90 Å². The molecule has 2 heteroatoms. The molecule has 9 aromatic carbocycles. The predicted octanol–water partition coefficient (Wildman–Crippen LogP) is 13.2. The summed E-state index contributed by atoms with van der Waals surface area (Å²) in [7, 11) is 0. The van der Waals surface area contributed by atoms with Crippen molar-refractivity contribution in [2.45, 2.75) is 5.41 Å². The molecule has 0 amide bonds. The predicted molar refractivity (Wildman–Crippen MR) is 225 cm³/mol. The Bertz CT molecular complexity index is 2960. The van der Waals surface area contributed by atoms with Gasteiger partial charge in [-0.15, -0.1) is 0 Å². The van der Waals surface area contributed by atoms with Gasteiger partial charge in [-0.05, 0) is 0 Å². The molecule has 0 bridgehead atoms. The van der Waals surface area contributed by atoms with Crippen LogP contribution in [0.15, 0.2) is 200 Å². The van der Waals surface area contributed by atoms with Crippen molar-refractivity contribution in [3.63, 3.8) is 0 Å². The molecular weight excluding hydrogens is 706 g/mol. The number of para-hydroxylation sites is 1. The van der Waals surface area contributed by atoms with E-state index in [1.165, 1.54) is 74.2 Å². The Kier molecular flexibility index (Phi) is 6.86. The van der Waals surface area contributed by atoms with E-state index >= 15 is 0 Å². The number of benzene rings is 9. The van der Waals surface area contributed by atoms with Crippen LogP contribution >= 0.6 is 0 Å². The van der Waals surface area contributed by atoms with Crippen LogP contribution in [0.2, 0.25) is 0 Å². The topological polar surface area (TPSA) is 3.24 Å².